The van der Waals surface area contributed by atoms with E-state index in [-0.39, 0.29) is 22.5 Å². The normalized spacial score (nSPS) is 12.6. The number of rotatable bonds is 4. The quantitative estimate of drug-likeness (QED) is 0.414. The molecule has 0 radical (unpaired) electrons. The van der Waals surface area contributed by atoms with Crippen molar-refractivity contribution >= 4 is 72.4 Å². The molecule has 1 atom stereocenters. The van der Waals surface area contributed by atoms with Gasteiger partial charge in [-0.05, 0) is 31.9 Å². The van der Waals surface area contributed by atoms with Gasteiger partial charge in [0.1, 0.15) is 0 Å². The highest BCUT2D eigenvalue weighted by Crippen LogP contribution is 2.43. The van der Waals surface area contributed by atoms with Gasteiger partial charge >= 0.3 is 0 Å². The Morgan fingerprint density at radius 2 is 1.71 bits per heavy atom. The van der Waals surface area contributed by atoms with Gasteiger partial charge in [0.05, 0.1) is 36.7 Å². The molecule has 0 fully saturated rings. The smallest absolute Gasteiger partial charge is 0.162 e. The molecule has 0 amide bonds. The molecule has 0 bridgehead atoms. The third kappa shape index (κ3) is 3.61. The molecule has 1 rings (SSSR count). The van der Waals surface area contributed by atoms with Crippen LogP contribution in [0, 0.1) is 5.82 Å². The molecule has 0 saturated heterocycles. The Morgan fingerprint density at radius 3 is 2.12 bits per heavy atom. The molecule has 0 spiro atoms. The number of benzene rings is 1. The predicted octanol–water partition coefficient (Wildman–Crippen LogP) is 4.67. The average Bonchev–Trinajstić information content (AvgIpc) is 2.33. The van der Waals surface area contributed by atoms with Crippen molar-refractivity contribution in [3.63, 3.8) is 0 Å². The molecule has 0 aliphatic rings. The molecule has 1 aromatic rings. The van der Waals surface area contributed by atoms with Gasteiger partial charge < -0.3 is 10.4 Å². The zero-order chi connectivity index (χ0) is 13.2. The number of aliphatic hydroxyl groups excluding tert-OH is 1. The molecule has 1 aromatic carbocycles. The van der Waals surface area contributed by atoms with E-state index in [1.54, 1.807) is 0 Å². The van der Waals surface area contributed by atoms with Crippen LogP contribution in [0.5, 0.6) is 0 Å². The van der Waals surface area contributed by atoms with E-state index >= 15 is 0 Å². The number of hydrogen-bond donors (Lipinski definition) is 2. The van der Waals surface area contributed by atoms with Gasteiger partial charge in [0, 0.05) is 6.54 Å². The fourth-order valence-electron chi connectivity index (χ4n) is 1.03. The first-order chi connectivity index (χ1) is 7.90. The minimum Gasteiger partial charge on any atom is -0.390 e. The molecule has 0 saturated carbocycles. The van der Waals surface area contributed by atoms with Crippen LogP contribution in [0.4, 0.5) is 10.1 Å². The highest BCUT2D eigenvalue weighted by Gasteiger charge is 2.19. The number of aliphatic hydroxyl groups is 1. The second-order valence-corrected chi connectivity index (χ2v) is 5.78. The first-order valence-corrected chi connectivity index (χ1v) is 7.27. The standard InChI is InChI=1S/C9H7Br2Cl3FNO/c10-4-6(13)8(15)7(14)5(11)9(4)16-2-3(17)1-12/h3,16-17H,1-2H2. The molecule has 2 N–H and O–H groups in total. The molecule has 0 heterocycles. The van der Waals surface area contributed by atoms with E-state index in [4.69, 9.17) is 34.8 Å². The van der Waals surface area contributed by atoms with Crippen molar-refractivity contribution in [2.24, 2.45) is 0 Å². The number of hydrogen-bond acceptors (Lipinski definition) is 2. The summed E-state index contributed by atoms with van der Waals surface area (Å²) in [6.45, 7) is 0.193. The van der Waals surface area contributed by atoms with E-state index < -0.39 is 11.9 Å². The lowest BCUT2D eigenvalue weighted by Gasteiger charge is -2.15. The topological polar surface area (TPSA) is 32.3 Å². The van der Waals surface area contributed by atoms with Gasteiger partial charge in [0.15, 0.2) is 5.82 Å². The minimum atomic E-state index is -0.724. The summed E-state index contributed by atoms with van der Waals surface area (Å²) in [6.07, 6.45) is -0.724. The summed E-state index contributed by atoms with van der Waals surface area (Å²) in [7, 11) is 0. The fourth-order valence-corrected chi connectivity index (χ4v) is 2.86. The van der Waals surface area contributed by atoms with Crippen molar-refractivity contribution in [1.82, 2.24) is 0 Å². The van der Waals surface area contributed by atoms with E-state index in [1.165, 1.54) is 0 Å². The summed E-state index contributed by atoms with van der Waals surface area (Å²) < 4.78 is 14.1. The lowest BCUT2D eigenvalue weighted by molar-refractivity contribution is 0.211. The van der Waals surface area contributed by atoms with Crippen molar-refractivity contribution < 1.29 is 9.50 Å². The summed E-state index contributed by atoms with van der Waals surface area (Å²) in [4.78, 5) is 0. The first kappa shape index (κ1) is 15.8. The zero-order valence-electron chi connectivity index (χ0n) is 8.21. The van der Waals surface area contributed by atoms with Crippen LogP contribution in [-0.2, 0) is 0 Å². The van der Waals surface area contributed by atoms with Crippen molar-refractivity contribution in [2.45, 2.75) is 6.10 Å². The van der Waals surface area contributed by atoms with Crippen molar-refractivity contribution in [3.8, 4) is 0 Å². The maximum Gasteiger partial charge on any atom is 0.162 e. The van der Waals surface area contributed by atoms with Gasteiger partial charge in [0.25, 0.3) is 0 Å². The number of anilines is 1. The summed E-state index contributed by atoms with van der Waals surface area (Å²) in [5.41, 5.74) is 0.463. The van der Waals surface area contributed by atoms with Gasteiger partial charge in [0.2, 0.25) is 0 Å². The van der Waals surface area contributed by atoms with E-state index in [2.05, 4.69) is 37.2 Å². The molecule has 0 aromatic heterocycles. The Labute approximate surface area is 130 Å². The Balaban J connectivity index is 3.07. The SMILES string of the molecule is OC(CCl)CNc1c(Br)c(Cl)c(F)c(Cl)c1Br. The second-order valence-electron chi connectivity index (χ2n) is 3.13. The Kier molecular flexibility index (Phi) is 6.30. The van der Waals surface area contributed by atoms with Crippen LogP contribution in [0.2, 0.25) is 10.0 Å². The van der Waals surface area contributed by atoms with E-state index in [9.17, 15) is 9.50 Å². The minimum absolute atomic E-state index is 0.0882. The number of alkyl halides is 1. The fraction of sp³-hybridized carbons (Fsp3) is 0.333. The van der Waals surface area contributed by atoms with Crippen LogP contribution >= 0.6 is 66.7 Å². The molecule has 0 aliphatic carbocycles. The molecule has 96 valence electrons. The number of nitrogens with one attached hydrogen (secondary N) is 1. The Hall–Kier alpha value is 0.740. The zero-order valence-corrected chi connectivity index (χ0v) is 13.6. The highest BCUT2D eigenvalue weighted by molar-refractivity contribution is 9.11. The second kappa shape index (κ2) is 6.78. The Bertz CT molecular complexity index is 404. The lowest BCUT2D eigenvalue weighted by Crippen LogP contribution is -2.21. The molecule has 1 unspecified atom stereocenters. The molecular formula is C9H7Br2Cl3FNO. The number of halogens is 6. The summed E-state index contributed by atoms with van der Waals surface area (Å²) in [6, 6.07) is 0. The maximum atomic E-state index is 13.5. The first-order valence-electron chi connectivity index (χ1n) is 4.39. The van der Waals surface area contributed by atoms with E-state index in [1.807, 2.05) is 0 Å². The van der Waals surface area contributed by atoms with Crippen molar-refractivity contribution in [1.29, 1.82) is 0 Å². The van der Waals surface area contributed by atoms with E-state index in [0.717, 1.165) is 0 Å². The van der Waals surface area contributed by atoms with Gasteiger partial charge in [-0.25, -0.2) is 4.39 Å². The summed E-state index contributed by atoms with van der Waals surface area (Å²) in [5, 5.41) is 12.0. The molecule has 0 aliphatic heterocycles. The molecule has 2 nitrogen and oxygen atoms in total. The van der Waals surface area contributed by atoms with Crippen molar-refractivity contribution in [3.05, 3.63) is 24.8 Å². The predicted molar refractivity (Wildman–Crippen MR) is 77.0 cm³/mol. The summed E-state index contributed by atoms with van der Waals surface area (Å²) in [5.74, 6) is -0.624. The molecule has 17 heavy (non-hydrogen) atoms. The van der Waals surface area contributed by atoms with Crippen LogP contribution in [0.25, 0.3) is 0 Å². The third-order valence-corrected chi connectivity index (χ3v) is 5.01. The third-order valence-electron chi connectivity index (χ3n) is 1.90. The average molecular weight is 430 g/mol. The monoisotopic (exact) mass is 427 g/mol. The molecular weight excluding hydrogens is 423 g/mol. The van der Waals surface area contributed by atoms with Gasteiger partial charge in [-0.1, -0.05) is 23.2 Å². The molecule has 8 heteroatoms. The largest absolute Gasteiger partial charge is 0.390 e. The highest BCUT2D eigenvalue weighted by atomic mass is 79.9. The van der Waals surface area contributed by atoms with Crippen LogP contribution in [0.15, 0.2) is 8.95 Å². The van der Waals surface area contributed by atoms with Gasteiger partial charge in [-0.15, -0.1) is 11.6 Å². The summed E-state index contributed by atoms with van der Waals surface area (Å²) >= 11 is 23.3. The van der Waals surface area contributed by atoms with Gasteiger partial charge in [-0.3, -0.25) is 0 Å². The van der Waals surface area contributed by atoms with Crippen LogP contribution in [0.3, 0.4) is 0 Å². The Morgan fingerprint density at radius 1 is 1.24 bits per heavy atom. The van der Waals surface area contributed by atoms with Crippen LogP contribution < -0.4 is 5.32 Å². The van der Waals surface area contributed by atoms with E-state index in [0.29, 0.717) is 14.6 Å². The van der Waals surface area contributed by atoms with Crippen LogP contribution in [-0.4, -0.2) is 23.6 Å². The van der Waals surface area contributed by atoms with Crippen molar-refractivity contribution in [2.75, 3.05) is 17.7 Å². The maximum absolute atomic E-state index is 13.5. The van der Waals surface area contributed by atoms with Gasteiger partial charge in [-0.2, -0.15) is 0 Å². The van der Waals surface area contributed by atoms with Crippen LogP contribution in [0.1, 0.15) is 0 Å². The lowest BCUT2D eigenvalue weighted by atomic mass is 10.3.